The van der Waals surface area contributed by atoms with Crippen molar-refractivity contribution >= 4 is 41.1 Å². The Balaban J connectivity index is 0.000000621. The van der Waals surface area contributed by atoms with E-state index in [1.54, 1.807) is 0 Å². The number of nitrogens with zero attached hydrogens (tertiary/aromatic N) is 2. The van der Waals surface area contributed by atoms with Crippen LogP contribution in [0.2, 0.25) is 5.15 Å². The Labute approximate surface area is 117 Å². The number of amides is 1. The lowest BCUT2D eigenvalue weighted by atomic mass is 10.4. The van der Waals surface area contributed by atoms with Crippen LogP contribution in [-0.4, -0.2) is 39.5 Å². The molecule has 1 heterocycles. The number of aliphatic carboxylic acids is 1. The predicted octanol–water partition coefficient (Wildman–Crippen LogP) is -2.05. The highest BCUT2D eigenvalue weighted by atomic mass is 35.5. The van der Waals surface area contributed by atoms with E-state index in [-0.39, 0.29) is 29.0 Å². The summed E-state index contributed by atoms with van der Waals surface area (Å²) in [6.45, 7) is -0.278. The van der Waals surface area contributed by atoms with Crippen molar-refractivity contribution in [3.8, 4) is 0 Å². The van der Waals surface area contributed by atoms with Gasteiger partial charge in [0.05, 0.1) is 6.54 Å². The van der Waals surface area contributed by atoms with E-state index >= 15 is 0 Å². The molecule has 0 aliphatic rings. The minimum atomic E-state index is -0.968. The summed E-state index contributed by atoms with van der Waals surface area (Å²) in [6.07, 6.45) is 0. The molecule has 0 aliphatic heterocycles. The number of rotatable bonds is 2. The summed E-state index contributed by atoms with van der Waals surface area (Å²) >= 11 is 5.55. The van der Waals surface area contributed by atoms with E-state index in [2.05, 4.69) is 15.7 Å². The number of nitrogens with two attached hydrogens (primary N) is 4. The number of guanidine groups is 1. The van der Waals surface area contributed by atoms with Crippen molar-refractivity contribution < 1.29 is 14.7 Å². The first-order chi connectivity index (χ1) is 9.18. The summed E-state index contributed by atoms with van der Waals surface area (Å²) in [7, 11) is 0. The van der Waals surface area contributed by atoms with E-state index < -0.39 is 17.8 Å². The summed E-state index contributed by atoms with van der Waals surface area (Å²) in [6, 6.07) is 0. The highest BCUT2D eigenvalue weighted by molar-refractivity contribution is 6.31. The Morgan fingerprint density at radius 1 is 1.30 bits per heavy atom. The molecular formula is C8H13ClN8O3. The molecule has 0 saturated carbocycles. The molecule has 0 saturated heterocycles. The van der Waals surface area contributed by atoms with Crippen LogP contribution in [-0.2, 0) is 4.79 Å². The van der Waals surface area contributed by atoms with Crippen molar-refractivity contribution in [3.63, 3.8) is 0 Å². The van der Waals surface area contributed by atoms with Crippen molar-refractivity contribution in [2.45, 2.75) is 0 Å². The monoisotopic (exact) mass is 304 g/mol. The van der Waals surface area contributed by atoms with E-state index in [0.717, 1.165) is 0 Å². The minimum absolute atomic E-state index is 0.0754. The van der Waals surface area contributed by atoms with E-state index in [4.69, 9.17) is 39.3 Å². The number of carboxylic acids is 1. The van der Waals surface area contributed by atoms with Crippen molar-refractivity contribution in [3.05, 3.63) is 10.8 Å². The number of carboxylic acid groups (broad SMARTS) is 1. The first kappa shape index (κ1) is 17.3. The van der Waals surface area contributed by atoms with E-state index in [0.29, 0.717) is 0 Å². The van der Waals surface area contributed by atoms with Crippen molar-refractivity contribution in [1.29, 1.82) is 5.41 Å². The Kier molecular flexibility index (Phi) is 6.68. The largest absolute Gasteiger partial charge is 0.480 e. The fourth-order valence-corrected chi connectivity index (χ4v) is 0.917. The van der Waals surface area contributed by atoms with Gasteiger partial charge in [0.2, 0.25) is 0 Å². The van der Waals surface area contributed by atoms with Crippen LogP contribution in [0.5, 0.6) is 0 Å². The summed E-state index contributed by atoms with van der Waals surface area (Å²) < 4.78 is 0. The maximum absolute atomic E-state index is 11.3. The molecule has 0 aliphatic carbocycles. The SMILES string of the molecule is N=C(N)NC(=O)c1nc(Cl)c(N)nc1N.NCC(=O)O. The molecule has 12 heteroatoms. The van der Waals surface area contributed by atoms with Crippen LogP contribution in [0.15, 0.2) is 0 Å². The second-order valence-corrected chi connectivity index (χ2v) is 3.46. The van der Waals surface area contributed by atoms with Gasteiger partial charge >= 0.3 is 5.97 Å². The molecule has 1 rings (SSSR count). The lowest BCUT2D eigenvalue weighted by Crippen LogP contribution is -2.36. The van der Waals surface area contributed by atoms with Gasteiger partial charge in [-0.25, -0.2) is 9.97 Å². The van der Waals surface area contributed by atoms with Crippen LogP contribution in [0.1, 0.15) is 10.5 Å². The standard InChI is InChI=1S/C6H8ClN7O.C2H5NO2/c7-2-4(9)13-3(8)1(12-2)5(15)14-6(10)11;3-1-2(4)5/h(H4,8,9,13)(H4,10,11,14,15);1,3H2,(H,4,5). The zero-order valence-electron chi connectivity index (χ0n) is 10.1. The molecule has 0 fully saturated rings. The highest BCUT2D eigenvalue weighted by Crippen LogP contribution is 2.16. The third kappa shape index (κ3) is 5.79. The Hall–Kier alpha value is -2.66. The number of hydrogen-bond acceptors (Lipinski definition) is 8. The van der Waals surface area contributed by atoms with Gasteiger partial charge in [-0.05, 0) is 0 Å². The number of hydrogen-bond donors (Lipinski definition) is 7. The van der Waals surface area contributed by atoms with Crippen LogP contribution in [0.25, 0.3) is 0 Å². The van der Waals surface area contributed by atoms with Crippen LogP contribution in [0, 0.1) is 5.41 Å². The van der Waals surface area contributed by atoms with Gasteiger partial charge < -0.3 is 28.0 Å². The molecule has 0 radical (unpaired) electrons. The molecule has 11 N–H and O–H groups in total. The Morgan fingerprint density at radius 3 is 2.20 bits per heavy atom. The van der Waals surface area contributed by atoms with Gasteiger partial charge in [0.15, 0.2) is 28.4 Å². The van der Waals surface area contributed by atoms with E-state index in [1.807, 2.05) is 5.32 Å². The van der Waals surface area contributed by atoms with Crippen molar-refractivity contribution in [2.24, 2.45) is 11.5 Å². The van der Waals surface area contributed by atoms with Crippen LogP contribution in [0.4, 0.5) is 11.6 Å². The number of nitrogen functional groups attached to an aromatic ring is 2. The molecule has 110 valence electrons. The lowest BCUT2D eigenvalue weighted by Gasteiger charge is -2.05. The molecule has 0 spiro atoms. The fraction of sp³-hybridized carbons (Fsp3) is 0.125. The second-order valence-electron chi connectivity index (χ2n) is 3.10. The third-order valence-electron chi connectivity index (χ3n) is 1.54. The number of halogens is 1. The van der Waals surface area contributed by atoms with E-state index in [1.165, 1.54) is 0 Å². The number of anilines is 2. The maximum Gasteiger partial charge on any atom is 0.317 e. The number of aromatic nitrogens is 2. The van der Waals surface area contributed by atoms with Gasteiger partial charge in [-0.3, -0.25) is 20.3 Å². The quantitative estimate of drug-likeness (QED) is 0.235. The zero-order chi connectivity index (χ0) is 15.9. The fourth-order valence-electron chi connectivity index (χ4n) is 0.790. The summed E-state index contributed by atoms with van der Waals surface area (Å²) in [4.78, 5) is 27.8. The second kappa shape index (κ2) is 7.70. The summed E-state index contributed by atoms with van der Waals surface area (Å²) in [5, 5.41) is 16.3. The smallest absolute Gasteiger partial charge is 0.317 e. The molecule has 1 aromatic rings. The van der Waals surface area contributed by atoms with Gasteiger partial charge in [-0.15, -0.1) is 0 Å². The molecule has 0 atom stereocenters. The average Bonchev–Trinajstić information content (AvgIpc) is 2.33. The number of carbonyl (C=O) groups excluding carboxylic acids is 1. The molecular weight excluding hydrogens is 292 g/mol. The predicted molar refractivity (Wildman–Crippen MR) is 71.9 cm³/mol. The van der Waals surface area contributed by atoms with Crippen molar-refractivity contribution in [1.82, 2.24) is 15.3 Å². The maximum atomic E-state index is 11.3. The topological polar surface area (TPSA) is 220 Å². The Morgan fingerprint density at radius 2 is 1.80 bits per heavy atom. The molecule has 1 amide bonds. The Bertz CT molecular complexity index is 535. The number of nitrogens with one attached hydrogen (secondary N) is 2. The molecule has 0 unspecified atom stereocenters. The normalized spacial score (nSPS) is 9.10. The first-order valence-corrected chi connectivity index (χ1v) is 5.22. The molecule has 20 heavy (non-hydrogen) atoms. The van der Waals surface area contributed by atoms with Gasteiger partial charge in [0.25, 0.3) is 5.91 Å². The van der Waals surface area contributed by atoms with Gasteiger partial charge in [0, 0.05) is 0 Å². The lowest BCUT2D eigenvalue weighted by molar-refractivity contribution is -0.135. The first-order valence-electron chi connectivity index (χ1n) is 4.84. The third-order valence-corrected chi connectivity index (χ3v) is 1.82. The summed E-state index contributed by atoms with van der Waals surface area (Å²) in [5.74, 6) is -2.53. The molecule has 0 aromatic carbocycles. The van der Waals surface area contributed by atoms with Crippen LogP contribution in [0.3, 0.4) is 0 Å². The highest BCUT2D eigenvalue weighted by Gasteiger charge is 2.15. The van der Waals surface area contributed by atoms with E-state index in [9.17, 15) is 9.59 Å². The van der Waals surface area contributed by atoms with Crippen molar-refractivity contribution in [2.75, 3.05) is 18.0 Å². The zero-order valence-corrected chi connectivity index (χ0v) is 10.8. The van der Waals surface area contributed by atoms with Gasteiger partial charge in [0.1, 0.15) is 0 Å². The molecule has 11 nitrogen and oxygen atoms in total. The number of carbonyl (C=O) groups is 2. The van der Waals surface area contributed by atoms with Gasteiger partial charge in [-0.1, -0.05) is 11.6 Å². The molecule has 0 bridgehead atoms. The van der Waals surface area contributed by atoms with Gasteiger partial charge in [-0.2, -0.15) is 0 Å². The average molecular weight is 305 g/mol. The van der Waals surface area contributed by atoms with Crippen LogP contribution >= 0.6 is 11.6 Å². The molecule has 1 aromatic heterocycles. The minimum Gasteiger partial charge on any atom is -0.480 e. The van der Waals surface area contributed by atoms with Crippen LogP contribution < -0.4 is 28.3 Å². The summed E-state index contributed by atoms with van der Waals surface area (Å²) in [5.41, 5.74) is 20.0.